The number of hydrogen-bond acceptors (Lipinski definition) is 3. The third-order valence-corrected chi connectivity index (χ3v) is 3.66. The summed E-state index contributed by atoms with van der Waals surface area (Å²) in [5, 5.41) is 0.696. The van der Waals surface area contributed by atoms with Crippen molar-refractivity contribution in [1.29, 1.82) is 0 Å². The highest BCUT2D eigenvalue weighted by molar-refractivity contribution is 6.30. The number of likely N-dealkylation sites (N-methyl/N-ethyl adjacent to an activating group) is 1. The summed E-state index contributed by atoms with van der Waals surface area (Å²) in [6, 6.07) is 7.47. The van der Waals surface area contributed by atoms with Gasteiger partial charge in [-0.15, -0.1) is 0 Å². The monoisotopic (exact) mass is 283 g/mol. The average molecular weight is 284 g/mol. The van der Waals surface area contributed by atoms with Gasteiger partial charge in [0.15, 0.2) is 0 Å². The van der Waals surface area contributed by atoms with Gasteiger partial charge in [-0.25, -0.2) is 5.84 Å². The van der Waals surface area contributed by atoms with Crippen LogP contribution >= 0.6 is 11.6 Å². The van der Waals surface area contributed by atoms with Gasteiger partial charge in [0, 0.05) is 11.1 Å². The number of hydrazine groups is 1. The molecular formula is C14H22ClN3O. The lowest BCUT2D eigenvalue weighted by Crippen LogP contribution is -2.51. The summed E-state index contributed by atoms with van der Waals surface area (Å²) < 4.78 is 0. The molecular weight excluding hydrogens is 262 g/mol. The quantitative estimate of drug-likeness (QED) is 0.495. The molecule has 106 valence electrons. The van der Waals surface area contributed by atoms with Crippen LogP contribution in [0.1, 0.15) is 32.4 Å². The van der Waals surface area contributed by atoms with Crippen molar-refractivity contribution in [1.82, 2.24) is 10.3 Å². The van der Waals surface area contributed by atoms with Crippen molar-refractivity contribution in [2.24, 2.45) is 11.8 Å². The van der Waals surface area contributed by atoms with E-state index < -0.39 is 0 Å². The molecule has 1 rings (SSSR count). The summed E-state index contributed by atoms with van der Waals surface area (Å²) in [7, 11) is 1.92. The van der Waals surface area contributed by atoms with E-state index in [4.69, 9.17) is 17.4 Å². The summed E-state index contributed by atoms with van der Waals surface area (Å²) in [4.78, 5) is 13.9. The minimum absolute atomic E-state index is 0.0726. The molecule has 0 heterocycles. The maximum atomic E-state index is 11.9. The number of carbonyl (C=O) groups excluding carboxylic acids is 1. The van der Waals surface area contributed by atoms with Crippen LogP contribution < -0.4 is 11.3 Å². The van der Waals surface area contributed by atoms with Gasteiger partial charge >= 0.3 is 0 Å². The molecule has 19 heavy (non-hydrogen) atoms. The van der Waals surface area contributed by atoms with E-state index in [1.165, 1.54) is 0 Å². The molecule has 5 heteroatoms. The van der Waals surface area contributed by atoms with Gasteiger partial charge in [0.25, 0.3) is 5.91 Å². The molecule has 2 unspecified atom stereocenters. The second-order valence-electron chi connectivity index (χ2n) is 5.09. The van der Waals surface area contributed by atoms with E-state index in [2.05, 4.69) is 5.43 Å². The van der Waals surface area contributed by atoms with Crippen molar-refractivity contribution in [3.8, 4) is 0 Å². The predicted molar refractivity (Wildman–Crippen MR) is 78.6 cm³/mol. The Hall–Kier alpha value is -1.10. The first kappa shape index (κ1) is 16.0. The van der Waals surface area contributed by atoms with Crippen LogP contribution in [0.4, 0.5) is 0 Å². The molecule has 4 nitrogen and oxygen atoms in total. The molecule has 1 aromatic carbocycles. The molecule has 0 aliphatic heterocycles. The largest absolute Gasteiger partial charge is 0.293 e. The lowest BCUT2D eigenvalue weighted by Gasteiger charge is -2.34. The topological polar surface area (TPSA) is 58.4 Å². The zero-order valence-corrected chi connectivity index (χ0v) is 12.6. The number of nitrogens with one attached hydrogen (secondary N) is 1. The second-order valence-corrected chi connectivity index (χ2v) is 5.53. The maximum absolute atomic E-state index is 11.9. The van der Waals surface area contributed by atoms with E-state index in [0.29, 0.717) is 5.02 Å². The van der Waals surface area contributed by atoms with Crippen LogP contribution in [-0.4, -0.2) is 23.9 Å². The van der Waals surface area contributed by atoms with Crippen LogP contribution in [0.15, 0.2) is 24.3 Å². The van der Waals surface area contributed by atoms with E-state index in [1.54, 1.807) is 0 Å². The number of nitrogens with zero attached hydrogens (tertiary/aromatic N) is 1. The molecule has 0 bridgehead atoms. The number of halogens is 1. The molecule has 0 aromatic heterocycles. The summed E-state index contributed by atoms with van der Waals surface area (Å²) in [5.41, 5.74) is 3.31. The Morgan fingerprint density at radius 1 is 1.37 bits per heavy atom. The summed E-state index contributed by atoms with van der Waals surface area (Å²) in [6.07, 6.45) is 0. The Kier molecular flexibility index (Phi) is 5.79. The molecule has 2 atom stereocenters. The fourth-order valence-electron chi connectivity index (χ4n) is 2.29. The third kappa shape index (κ3) is 3.93. The number of nitrogens with two attached hydrogens (primary N) is 1. The van der Waals surface area contributed by atoms with Crippen LogP contribution in [0.3, 0.4) is 0 Å². The number of rotatable bonds is 5. The van der Waals surface area contributed by atoms with Gasteiger partial charge in [-0.2, -0.15) is 0 Å². The van der Waals surface area contributed by atoms with E-state index in [-0.39, 0.29) is 23.9 Å². The van der Waals surface area contributed by atoms with Crippen molar-refractivity contribution < 1.29 is 4.79 Å². The van der Waals surface area contributed by atoms with Crippen LogP contribution in [0.25, 0.3) is 0 Å². The van der Waals surface area contributed by atoms with Gasteiger partial charge in [-0.3, -0.25) is 15.1 Å². The van der Waals surface area contributed by atoms with Gasteiger partial charge in [-0.05, 0) is 37.6 Å². The first-order valence-corrected chi connectivity index (χ1v) is 6.74. The van der Waals surface area contributed by atoms with E-state index in [1.807, 2.05) is 57.0 Å². The van der Waals surface area contributed by atoms with Crippen molar-refractivity contribution in [2.75, 3.05) is 7.05 Å². The summed E-state index contributed by atoms with van der Waals surface area (Å²) in [5.74, 6) is 5.25. The molecule has 0 saturated heterocycles. The highest BCUT2D eigenvalue weighted by atomic mass is 35.5. The van der Waals surface area contributed by atoms with Gasteiger partial charge in [0.1, 0.15) is 0 Å². The summed E-state index contributed by atoms with van der Waals surface area (Å²) >= 11 is 6.01. The third-order valence-electron chi connectivity index (χ3n) is 3.42. The van der Waals surface area contributed by atoms with E-state index in [9.17, 15) is 4.79 Å². The highest BCUT2D eigenvalue weighted by Crippen LogP contribution is 2.25. The number of carbonyl (C=O) groups is 1. The summed E-state index contributed by atoms with van der Waals surface area (Å²) in [6.45, 7) is 6.05. The minimum Gasteiger partial charge on any atom is -0.293 e. The standard InChI is InChI=1S/C14H22ClN3O/c1-9(2)13(14(19)17-16)18(4)10(3)11-6-5-7-12(15)8-11/h5-10,13H,16H2,1-4H3,(H,17,19). The Labute approximate surface area is 119 Å². The van der Waals surface area contributed by atoms with E-state index >= 15 is 0 Å². The number of hydrogen-bond donors (Lipinski definition) is 2. The van der Waals surface area contributed by atoms with Crippen LogP contribution in [0, 0.1) is 5.92 Å². The second kappa shape index (κ2) is 6.89. The smallest absolute Gasteiger partial charge is 0.251 e. The molecule has 0 aliphatic carbocycles. The molecule has 0 radical (unpaired) electrons. The van der Waals surface area contributed by atoms with E-state index in [0.717, 1.165) is 5.56 Å². The normalized spacial score (nSPS) is 14.5. The lowest BCUT2D eigenvalue weighted by molar-refractivity contribution is -0.128. The maximum Gasteiger partial charge on any atom is 0.251 e. The number of amides is 1. The SMILES string of the molecule is CC(C)C(C(=O)NN)N(C)C(C)c1cccc(Cl)c1. The first-order valence-electron chi connectivity index (χ1n) is 6.36. The zero-order chi connectivity index (χ0) is 14.6. The van der Waals surface area contributed by atoms with Crippen molar-refractivity contribution in [3.05, 3.63) is 34.9 Å². The highest BCUT2D eigenvalue weighted by Gasteiger charge is 2.29. The number of benzene rings is 1. The molecule has 1 aromatic rings. The van der Waals surface area contributed by atoms with Crippen LogP contribution in [-0.2, 0) is 4.79 Å². The Morgan fingerprint density at radius 2 is 2.00 bits per heavy atom. The molecule has 0 fully saturated rings. The zero-order valence-electron chi connectivity index (χ0n) is 11.9. The molecule has 3 N–H and O–H groups in total. The van der Waals surface area contributed by atoms with Gasteiger partial charge in [-0.1, -0.05) is 37.6 Å². The average Bonchev–Trinajstić information content (AvgIpc) is 2.37. The first-order chi connectivity index (χ1) is 8.88. The van der Waals surface area contributed by atoms with Crippen molar-refractivity contribution >= 4 is 17.5 Å². The Balaban J connectivity index is 2.96. The predicted octanol–water partition coefficient (Wildman–Crippen LogP) is 2.35. The van der Waals surface area contributed by atoms with Gasteiger partial charge in [0.2, 0.25) is 0 Å². The Morgan fingerprint density at radius 3 is 2.47 bits per heavy atom. The molecule has 1 amide bonds. The van der Waals surface area contributed by atoms with Crippen molar-refractivity contribution in [3.63, 3.8) is 0 Å². The molecule has 0 saturated carbocycles. The Bertz CT molecular complexity index is 436. The minimum atomic E-state index is -0.279. The van der Waals surface area contributed by atoms with Gasteiger partial charge in [0.05, 0.1) is 6.04 Å². The fraction of sp³-hybridized carbons (Fsp3) is 0.500. The van der Waals surface area contributed by atoms with Gasteiger partial charge < -0.3 is 0 Å². The van der Waals surface area contributed by atoms with Crippen LogP contribution in [0.2, 0.25) is 5.02 Å². The van der Waals surface area contributed by atoms with Crippen LogP contribution in [0.5, 0.6) is 0 Å². The molecule has 0 aliphatic rings. The lowest BCUT2D eigenvalue weighted by atomic mass is 9.98. The molecule has 0 spiro atoms. The fourth-order valence-corrected chi connectivity index (χ4v) is 2.48. The van der Waals surface area contributed by atoms with Crippen molar-refractivity contribution in [2.45, 2.75) is 32.9 Å².